The van der Waals surface area contributed by atoms with Crippen LogP contribution in [0, 0.1) is 0 Å². The molecule has 0 heterocycles. The van der Waals surface area contributed by atoms with Crippen LogP contribution < -0.4 is 0 Å². The van der Waals surface area contributed by atoms with E-state index in [1.165, 1.54) is 0 Å². The standard InChI is InChI=1S/C4H10O2S/c1-2-7(6)4-3-5/h5H,2-4H2,1H3/t7-/m0/s1. The average Bonchev–Trinajstić information content (AvgIpc) is 1.68. The molecule has 1 atom stereocenters. The van der Waals surface area contributed by atoms with Crippen molar-refractivity contribution in [1.82, 2.24) is 0 Å². The van der Waals surface area contributed by atoms with E-state index >= 15 is 0 Å². The van der Waals surface area contributed by atoms with E-state index in [4.69, 9.17) is 5.11 Å². The van der Waals surface area contributed by atoms with Crippen LogP contribution in [0.25, 0.3) is 0 Å². The third-order valence-corrected chi connectivity index (χ3v) is 1.92. The zero-order chi connectivity index (χ0) is 5.70. The van der Waals surface area contributed by atoms with Crippen LogP contribution in [0.3, 0.4) is 0 Å². The number of hydrogen-bond acceptors (Lipinski definition) is 2. The van der Waals surface area contributed by atoms with Crippen LogP contribution in [0.1, 0.15) is 6.92 Å². The lowest BCUT2D eigenvalue weighted by Crippen LogP contribution is -2.02. The molecule has 0 saturated heterocycles. The molecule has 0 aromatic rings. The van der Waals surface area contributed by atoms with Crippen LogP contribution in [-0.4, -0.2) is 27.4 Å². The zero-order valence-electron chi connectivity index (χ0n) is 4.39. The highest BCUT2D eigenvalue weighted by molar-refractivity contribution is 7.84. The van der Waals surface area contributed by atoms with Gasteiger partial charge in [0.2, 0.25) is 0 Å². The first-order chi connectivity index (χ1) is 3.31. The van der Waals surface area contributed by atoms with Crippen LogP contribution >= 0.6 is 0 Å². The second-order valence-electron chi connectivity index (χ2n) is 1.16. The minimum Gasteiger partial charge on any atom is -0.395 e. The van der Waals surface area contributed by atoms with Gasteiger partial charge in [-0.1, -0.05) is 6.92 Å². The first-order valence-corrected chi connectivity index (χ1v) is 3.76. The van der Waals surface area contributed by atoms with Crippen molar-refractivity contribution in [3.05, 3.63) is 0 Å². The predicted molar refractivity (Wildman–Crippen MR) is 30.6 cm³/mol. The topological polar surface area (TPSA) is 37.3 Å². The average molecular weight is 122 g/mol. The van der Waals surface area contributed by atoms with Gasteiger partial charge in [0.25, 0.3) is 0 Å². The molecule has 0 radical (unpaired) electrons. The fraction of sp³-hybridized carbons (Fsp3) is 1.00. The Labute approximate surface area is 46.0 Å². The molecule has 0 saturated carbocycles. The van der Waals surface area contributed by atoms with E-state index < -0.39 is 10.8 Å². The Hall–Kier alpha value is 0.110. The van der Waals surface area contributed by atoms with Gasteiger partial charge in [-0.15, -0.1) is 0 Å². The number of aliphatic hydroxyl groups is 1. The zero-order valence-corrected chi connectivity index (χ0v) is 5.20. The summed E-state index contributed by atoms with van der Waals surface area (Å²) in [5, 5.41) is 8.17. The smallest absolute Gasteiger partial charge is 0.0546 e. The summed E-state index contributed by atoms with van der Waals surface area (Å²) in [7, 11) is -0.777. The summed E-state index contributed by atoms with van der Waals surface area (Å²) in [5.41, 5.74) is 0. The van der Waals surface area contributed by atoms with Gasteiger partial charge in [0.15, 0.2) is 0 Å². The molecule has 0 aromatic carbocycles. The van der Waals surface area contributed by atoms with Crippen molar-refractivity contribution in [2.24, 2.45) is 0 Å². The normalized spacial score (nSPS) is 14.0. The second kappa shape index (κ2) is 4.27. The molecular weight excluding hydrogens is 112 g/mol. The largest absolute Gasteiger partial charge is 0.395 e. The Balaban J connectivity index is 3.00. The van der Waals surface area contributed by atoms with Crippen LogP contribution in [0.2, 0.25) is 0 Å². The van der Waals surface area contributed by atoms with E-state index in [0.717, 1.165) is 0 Å². The maximum absolute atomic E-state index is 10.4. The van der Waals surface area contributed by atoms with Gasteiger partial charge < -0.3 is 5.11 Å². The molecule has 0 aromatic heterocycles. The van der Waals surface area contributed by atoms with Crippen molar-refractivity contribution in [1.29, 1.82) is 0 Å². The quantitative estimate of drug-likeness (QED) is 0.560. The van der Waals surface area contributed by atoms with Gasteiger partial charge in [-0.3, -0.25) is 4.21 Å². The van der Waals surface area contributed by atoms with Gasteiger partial charge in [0.1, 0.15) is 0 Å². The fourth-order valence-electron chi connectivity index (χ4n) is 0.246. The van der Waals surface area contributed by atoms with E-state index in [1.54, 1.807) is 0 Å². The molecule has 1 N–H and O–H groups in total. The van der Waals surface area contributed by atoms with Crippen LogP contribution in [0.15, 0.2) is 0 Å². The maximum Gasteiger partial charge on any atom is 0.0546 e. The summed E-state index contributed by atoms with van der Waals surface area (Å²) in [6.45, 7) is 1.88. The summed E-state index contributed by atoms with van der Waals surface area (Å²) < 4.78 is 10.4. The van der Waals surface area contributed by atoms with Crippen LogP contribution in [0.4, 0.5) is 0 Å². The lowest BCUT2D eigenvalue weighted by atomic mass is 10.9. The Morgan fingerprint density at radius 1 is 1.71 bits per heavy atom. The molecule has 7 heavy (non-hydrogen) atoms. The predicted octanol–water partition coefficient (Wildman–Crippen LogP) is -0.253. The van der Waals surface area contributed by atoms with Crippen molar-refractivity contribution in [3.8, 4) is 0 Å². The lowest BCUT2D eigenvalue weighted by Gasteiger charge is -1.89. The highest BCUT2D eigenvalue weighted by atomic mass is 32.2. The molecule has 0 spiro atoms. The summed E-state index contributed by atoms with van der Waals surface area (Å²) in [4.78, 5) is 0. The summed E-state index contributed by atoms with van der Waals surface area (Å²) >= 11 is 0. The molecule has 3 heteroatoms. The van der Waals surface area contributed by atoms with E-state index in [1.807, 2.05) is 6.92 Å². The summed E-state index contributed by atoms with van der Waals surface area (Å²) in [6, 6.07) is 0. The van der Waals surface area contributed by atoms with Crippen LogP contribution in [-0.2, 0) is 10.8 Å². The Kier molecular flexibility index (Phi) is 4.34. The van der Waals surface area contributed by atoms with Crippen LogP contribution in [0.5, 0.6) is 0 Å². The maximum atomic E-state index is 10.4. The third-order valence-electron chi connectivity index (χ3n) is 0.641. The molecule has 44 valence electrons. The van der Waals surface area contributed by atoms with E-state index in [-0.39, 0.29) is 6.61 Å². The molecule has 0 bridgehead atoms. The van der Waals surface area contributed by atoms with E-state index in [0.29, 0.717) is 11.5 Å². The molecule has 0 fully saturated rings. The van der Waals surface area contributed by atoms with Gasteiger partial charge in [-0.2, -0.15) is 0 Å². The fourth-order valence-corrected chi connectivity index (χ4v) is 0.738. The number of rotatable bonds is 3. The molecule has 0 aliphatic heterocycles. The Morgan fingerprint density at radius 2 is 2.29 bits per heavy atom. The first-order valence-electron chi connectivity index (χ1n) is 2.27. The third kappa shape index (κ3) is 3.95. The van der Waals surface area contributed by atoms with Gasteiger partial charge in [0, 0.05) is 22.3 Å². The van der Waals surface area contributed by atoms with Gasteiger partial charge in [0.05, 0.1) is 6.61 Å². The summed E-state index contributed by atoms with van der Waals surface area (Å²) in [5.74, 6) is 1.08. The van der Waals surface area contributed by atoms with Crippen molar-refractivity contribution in [2.75, 3.05) is 18.1 Å². The van der Waals surface area contributed by atoms with E-state index in [2.05, 4.69) is 0 Å². The highest BCUT2D eigenvalue weighted by Crippen LogP contribution is 1.76. The second-order valence-corrected chi connectivity index (χ2v) is 3.02. The van der Waals surface area contributed by atoms with Crippen molar-refractivity contribution >= 4 is 10.8 Å². The van der Waals surface area contributed by atoms with Crippen molar-refractivity contribution < 1.29 is 9.32 Å². The van der Waals surface area contributed by atoms with Gasteiger partial charge >= 0.3 is 0 Å². The molecule has 0 aliphatic rings. The first kappa shape index (κ1) is 7.11. The van der Waals surface area contributed by atoms with E-state index in [9.17, 15) is 4.21 Å². The Bertz CT molecular complexity index is 62.7. The Morgan fingerprint density at radius 3 is 2.43 bits per heavy atom. The number of aliphatic hydroxyl groups excluding tert-OH is 1. The molecule has 0 rings (SSSR count). The minimum atomic E-state index is -0.777. The summed E-state index contributed by atoms with van der Waals surface area (Å²) in [6.07, 6.45) is 0. The van der Waals surface area contributed by atoms with Gasteiger partial charge in [-0.05, 0) is 0 Å². The van der Waals surface area contributed by atoms with Crippen molar-refractivity contribution in [2.45, 2.75) is 6.92 Å². The molecular formula is C4H10O2S. The SMILES string of the molecule is CC[S@](=O)CCO. The highest BCUT2D eigenvalue weighted by Gasteiger charge is 1.89. The molecule has 0 aliphatic carbocycles. The monoisotopic (exact) mass is 122 g/mol. The minimum absolute atomic E-state index is 0.0421. The lowest BCUT2D eigenvalue weighted by molar-refractivity contribution is 0.321. The molecule has 0 amide bonds. The molecule has 0 unspecified atom stereocenters. The van der Waals surface area contributed by atoms with Gasteiger partial charge in [-0.25, -0.2) is 0 Å². The van der Waals surface area contributed by atoms with Crippen molar-refractivity contribution in [3.63, 3.8) is 0 Å². The number of hydrogen-bond donors (Lipinski definition) is 1. The molecule has 2 nitrogen and oxygen atoms in total.